The summed E-state index contributed by atoms with van der Waals surface area (Å²) in [6.45, 7) is 4.03. The lowest BCUT2D eigenvalue weighted by atomic mass is 10.1. The number of alkyl halides is 1. The fraction of sp³-hybridized carbons (Fsp3) is 0.364. The van der Waals surface area contributed by atoms with E-state index >= 15 is 0 Å². The van der Waals surface area contributed by atoms with E-state index in [1.165, 1.54) is 5.56 Å². The van der Waals surface area contributed by atoms with Crippen LogP contribution < -0.4 is 4.90 Å². The fourth-order valence-electron chi connectivity index (χ4n) is 1.32. The van der Waals surface area contributed by atoms with Gasteiger partial charge < -0.3 is 4.90 Å². The highest BCUT2D eigenvalue weighted by Gasteiger charge is 2.11. The highest BCUT2D eigenvalue weighted by molar-refractivity contribution is 6.29. The monoisotopic (exact) mass is 211 g/mol. The van der Waals surface area contributed by atoms with Gasteiger partial charge in [-0.05, 0) is 31.0 Å². The minimum Gasteiger partial charge on any atom is -0.314 e. The van der Waals surface area contributed by atoms with E-state index in [2.05, 4.69) is 0 Å². The molecule has 1 amide bonds. The first kappa shape index (κ1) is 11.1. The van der Waals surface area contributed by atoms with E-state index < -0.39 is 0 Å². The quantitative estimate of drug-likeness (QED) is 0.689. The molecule has 0 saturated carbocycles. The molecule has 14 heavy (non-hydrogen) atoms. The molecule has 0 saturated heterocycles. The largest absolute Gasteiger partial charge is 0.314 e. The van der Waals surface area contributed by atoms with Crippen molar-refractivity contribution in [3.63, 3.8) is 0 Å². The maximum atomic E-state index is 11.4. The molecule has 0 spiro atoms. The van der Waals surface area contributed by atoms with Crippen LogP contribution in [0.2, 0.25) is 0 Å². The molecule has 0 unspecified atom stereocenters. The maximum absolute atomic E-state index is 11.4. The van der Waals surface area contributed by atoms with Gasteiger partial charge in [0.05, 0.1) is 0 Å². The molecule has 0 aromatic heterocycles. The Morgan fingerprint density at radius 2 is 2.07 bits per heavy atom. The van der Waals surface area contributed by atoms with Gasteiger partial charge in [0, 0.05) is 12.7 Å². The molecule has 0 radical (unpaired) electrons. The SMILES string of the molecule is Cc1cccc(N(C)C(=O)CCl)c1C. The van der Waals surface area contributed by atoms with Gasteiger partial charge in [0.15, 0.2) is 0 Å². The molecule has 1 rings (SSSR count). The molecule has 0 aliphatic heterocycles. The Bertz CT molecular complexity index is 349. The van der Waals surface area contributed by atoms with Crippen molar-refractivity contribution < 1.29 is 4.79 Å². The Hall–Kier alpha value is -1.02. The van der Waals surface area contributed by atoms with E-state index in [4.69, 9.17) is 11.6 Å². The second-order valence-electron chi connectivity index (χ2n) is 3.31. The molecule has 0 aliphatic rings. The van der Waals surface area contributed by atoms with Crippen LogP contribution in [0.25, 0.3) is 0 Å². The average Bonchev–Trinajstić information content (AvgIpc) is 2.20. The molecule has 0 atom stereocenters. The number of carbonyl (C=O) groups excluding carboxylic acids is 1. The predicted octanol–water partition coefficient (Wildman–Crippen LogP) is 2.51. The first-order valence-electron chi connectivity index (χ1n) is 4.46. The lowest BCUT2D eigenvalue weighted by Gasteiger charge is -2.19. The number of carbonyl (C=O) groups is 1. The standard InChI is InChI=1S/C11H14ClNO/c1-8-5-4-6-10(9(8)2)13(3)11(14)7-12/h4-6H,7H2,1-3H3. The van der Waals surface area contributed by atoms with Crippen molar-refractivity contribution in [2.24, 2.45) is 0 Å². The molecule has 0 bridgehead atoms. The molecule has 2 nitrogen and oxygen atoms in total. The molecule has 3 heteroatoms. The molecule has 1 aromatic carbocycles. The number of anilines is 1. The number of rotatable bonds is 2. The first-order valence-corrected chi connectivity index (χ1v) is 5.00. The number of aryl methyl sites for hydroxylation is 1. The van der Waals surface area contributed by atoms with Crippen molar-refractivity contribution in [2.45, 2.75) is 13.8 Å². The van der Waals surface area contributed by atoms with Crippen LogP contribution in [0.1, 0.15) is 11.1 Å². The van der Waals surface area contributed by atoms with Crippen molar-refractivity contribution in [1.82, 2.24) is 0 Å². The number of nitrogens with zero attached hydrogens (tertiary/aromatic N) is 1. The molecule has 1 aromatic rings. The van der Waals surface area contributed by atoms with Gasteiger partial charge in [-0.3, -0.25) is 4.79 Å². The predicted molar refractivity (Wildman–Crippen MR) is 60.0 cm³/mol. The van der Waals surface area contributed by atoms with Gasteiger partial charge in [0.1, 0.15) is 5.88 Å². The number of halogens is 1. The number of amides is 1. The van der Waals surface area contributed by atoms with Crippen molar-refractivity contribution in [3.8, 4) is 0 Å². The van der Waals surface area contributed by atoms with Crippen molar-refractivity contribution >= 4 is 23.2 Å². The van der Waals surface area contributed by atoms with Crippen LogP contribution in [0.5, 0.6) is 0 Å². The molecule has 0 fully saturated rings. The third kappa shape index (κ3) is 2.07. The number of hydrogen-bond acceptors (Lipinski definition) is 1. The number of hydrogen-bond donors (Lipinski definition) is 0. The van der Waals surface area contributed by atoms with Gasteiger partial charge in [0.25, 0.3) is 0 Å². The summed E-state index contributed by atoms with van der Waals surface area (Å²) >= 11 is 5.50. The average molecular weight is 212 g/mol. The maximum Gasteiger partial charge on any atom is 0.241 e. The first-order chi connectivity index (χ1) is 6.57. The van der Waals surface area contributed by atoms with E-state index in [0.717, 1.165) is 11.3 Å². The van der Waals surface area contributed by atoms with Crippen molar-refractivity contribution in [1.29, 1.82) is 0 Å². The Labute approximate surface area is 89.5 Å². The lowest BCUT2D eigenvalue weighted by molar-refractivity contribution is -0.116. The lowest BCUT2D eigenvalue weighted by Crippen LogP contribution is -2.27. The molecule has 0 aliphatic carbocycles. The molecular formula is C11H14ClNO. The smallest absolute Gasteiger partial charge is 0.241 e. The third-order valence-electron chi connectivity index (χ3n) is 2.43. The van der Waals surface area contributed by atoms with E-state index in [-0.39, 0.29) is 11.8 Å². The summed E-state index contributed by atoms with van der Waals surface area (Å²) in [5.74, 6) is -0.0653. The number of benzene rings is 1. The Morgan fingerprint density at radius 1 is 1.43 bits per heavy atom. The van der Waals surface area contributed by atoms with Gasteiger partial charge in [-0.1, -0.05) is 12.1 Å². The summed E-state index contributed by atoms with van der Waals surface area (Å²) in [5, 5.41) is 0. The summed E-state index contributed by atoms with van der Waals surface area (Å²) in [4.78, 5) is 13.0. The third-order valence-corrected chi connectivity index (χ3v) is 2.65. The molecular weight excluding hydrogens is 198 g/mol. The Kier molecular flexibility index (Phi) is 3.53. The van der Waals surface area contributed by atoms with Crippen molar-refractivity contribution in [3.05, 3.63) is 29.3 Å². The van der Waals surface area contributed by atoms with Crippen LogP contribution in [0.4, 0.5) is 5.69 Å². The zero-order valence-electron chi connectivity index (χ0n) is 8.67. The van der Waals surface area contributed by atoms with E-state index in [9.17, 15) is 4.79 Å². The van der Waals surface area contributed by atoms with Crippen LogP contribution in [-0.2, 0) is 4.79 Å². The molecule has 0 N–H and O–H groups in total. The van der Waals surface area contributed by atoms with Gasteiger partial charge in [-0.15, -0.1) is 11.6 Å². The second kappa shape index (κ2) is 4.47. The van der Waals surface area contributed by atoms with Crippen LogP contribution in [0, 0.1) is 13.8 Å². The Morgan fingerprint density at radius 3 is 2.64 bits per heavy atom. The zero-order chi connectivity index (χ0) is 10.7. The topological polar surface area (TPSA) is 20.3 Å². The van der Waals surface area contributed by atoms with Gasteiger partial charge in [0.2, 0.25) is 5.91 Å². The van der Waals surface area contributed by atoms with Gasteiger partial charge in [-0.2, -0.15) is 0 Å². The van der Waals surface area contributed by atoms with Gasteiger partial charge >= 0.3 is 0 Å². The summed E-state index contributed by atoms with van der Waals surface area (Å²) in [7, 11) is 1.74. The van der Waals surface area contributed by atoms with E-state index in [1.807, 2.05) is 32.0 Å². The summed E-state index contributed by atoms with van der Waals surface area (Å²) in [5.41, 5.74) is 3.22. The van der Waals surface area contributed by atoms with Crippen LogP contribution in [-0.4, -0.2) is 18.8 Å². The van der Waals surface area contributed by atoms with E-state index in [1.54, 1.807) is 11.9 Å². The van der Waals surface area contributed by atoms with Crippen molar-refractivity contribution in [2.75, 3.05) is 17.8 Å². The zero-order valence-corrected chi connectivity index (χ0v) is 9.43. The second-order valence-corrected chi connectivity index (χ2v) is 3.57. The van der Waals surface area contributed by atoms with Gasteiger partial charge in [-0.25, -0.2) is 0 Å². The van der Waals surface area contributed by atoms with Crippen LogP contribution >= 0.6 is 11.6 Å². The minimum atomic E-state index is -0.0830. The highest BCUT2D eigenvalue weighted by Crippen LogP contribution is 2.21. The van der Waals surface area contributed by atoms with Crippen LogP contribution in [0.3, 0.4) is 0 Å². The van der Waals surface area contributed by atoms with Crippen LogP contribution in [0.15, 0.2) is 18.2 Å². The highest BCUT2D eigenvalue weighted by atomic mass is 35.5. The normalized spacial score (nSPS) is 10.0. The molecule has 76 valence electrons. The summed E-state index contributed by atoms with van der Waals surface area (Å²) < 4.78 is 0. The molecule has 0 heterocycles. The fourth-order valence-corrected chi connectivity index (χ4v) is 1.50. The summed E-state index contributed by atoms with van der Waals surface area (Å²) in [6, 6.07) is 5.89. The summed E-state index contributed by atoms with van der Waals surface area (Å²) in [6.07, 6.45) is 0. The Balaban J connectivity index is 3.07. The van der Waals surface area contributed by atoms with E-state index in [0.29, 0.717) is 0 Å². The minimum absolute atomic E-state index is 0.0177.